The van der Waals surface area contributed by atoms with Crippen LogP contribution < -0.4 is 0 Å². The molecule has 2 nitrogen and oxygen atoms in total. The number of aromatic nitrogens is 1. The van der Waals surface area contributed by atoms with Crippen LogP contribution in [0.3, 0.4) is 0 Å². The summed E-state index contributed by atoms with van der Waals surface area (Å²) < 4.78 is 0. The second kappa shape index (κ2) is 5.17. The van der Waals surface area contributed by atoms with Crippen molar-refractivity contribution >= 4 is 0 Å². The van der Waals surface area contributed by atoms with Gasteiger partial charge in [0.15, 0.2) is 0 Å². The van der Waals surface area contributed by atoms with E-state index in [-0.39, 0.29) is 5.92 Å². The molecule has 0 amide bonds. The molecule has 1 atom stereocenters. The first-order valence-corrected chi connectivity index (χ1v) is 4.97. The van der Waals surface area contributed by atoms with Gasteiger partial charge in [-0.2, -0.15) is 5.26 Å². The maximum Gasteiger partial charge on any atom is 0.0628 e. The van der Waals surface area contributed by atoms with Gasteiger partial charge in [0.1, 0.15) is 0 Å². The van der Waals surface area contributed by atoms with Crippen LogP contribution in [0.25, 0.3) is 0 Å². The minimum absolute atomic E-state index is 0.218. The summed E-state index contributed by atoms with van der Waals surface area (Å²) in [7, 11) is 0. The summed E-state index contributed by atoms with van der Waals surface area (Å²) in [6.45, 7) is 4.20. The van der Waals surface area contributed by atoms with Gasteiger partial charge >= 0.3 is 0 Å². The summed E-state index contributed by atoms with van der Waals surface area (Å²) in [4.78, 5) is 4.09. The second-order valence-corrected chi connectivity index (χ2v) is 3.86. The highest BCUT2D eigenvalue weighted by Gasteiger charge is 2.15. The van der Waals surface area contributed by atoms with Gasteiger partial charge in [-0.15, -0.1) is 6.42 Å². The minimum atomic E-state index is 0.218. The zero-order chi connectivity index (χ0) is 11.3. The van der Waals surface area contributed by atoms with Crippen molar-refractivity contribution in [2.24, 2.45) is 5.92 Å². The molecule has 1 rings (SSSR count). The number of hydrogen-bond donors (Lipinski definition) is 0. The van der Waals surface area contributed by atoms with Gasteiger partial charge in [0.2, 0.25) is 0 Å². The Labute approximate surface area is 91.0 Å². The van der Waals surface area contributed by atoms with Crippen molar-refractivity contribution in [2.75, 3.05) is 0 Å². The third-order valence-electron chi connectivity index (χ3n) is 2.47. The van der Waals surface area contributed by atoms with Crippen molar-refractivity contribution in [3.63, 3.8) is 0 Å². The molecule has 0 radical (unpaired) electrons. The fourth-order valence-corrected chi connectivity index (χ4v) is 1.58. The molecular formula is C13H14N2. The fraction of sp³-hybridized carbons (Fsp3) is 0.385. The van der Waals surface area contributed by atoms with Gasteiger partial charge in [-0.3, -0.25) is 4.98 Å². The van der Waals surface area contributed by atoms with Gasteiger partial charge in [0, 0.05) is 30.3 Å². The molecule has 1 aromatic heterocycles. The molecule has 15 heavy (non-hydrogen) atoms. The number of pyridine rings is 1. The standard InChI is InChI=1S/C13H14N2/c1-4-11-7-12(9-15-8-11)13(5-6-14)10(2)3/h1,7-10,13H,5H2,2-3H3. The topological polar surface area (TPSA) is 36.7 Å². The SMILES string of the molecule is C#Cc1cncc(C(CC#N)C(C)C)c1. The van der Waals surface area contributed by atoms with Crippen LogP contribution in [-0.2, 0) is 0 Å². The molecule has 0 saturated carbocycles. The Morgan fingerprint density at radius 3 is 2.73 bits per heavy atom. The molecule has 0 aliphatic rings. The molecule has 0 spiro atoms. The largest absolute Gasteiger partial charge is 0.263 e. The summed E-state index contributed by atoms with van der Waals surface area (Å²) in [5, 5.41) is 8.76. The highest BCUT2D eigenvalue weighted by Crippen LogP contribution is 2.27. The van der Waals surface area contributed by atoms with Crippen molar-refractivity contribution in [3.05, 3.63) is 29.6 Å². The third kappa shape index (κ3) is 2.82. The molecule has 0 aliphatic heterocycles. The predicted molar refractivity (Wildman–Crippen MR) is 60.0 cm³/mol. The molecule has 1 heterocycles. The Bertz CT molecular complexity index is 407. The van der Waals surface area contributed by atoms with Crippen LogP contribution in [0.5, 0.6) is 0 Å². The maximum atomic E-state index is 8.76. The summed E-state index contributed by atoms with van der Waals surface area (Å²) in [6, 6.07) is 4.15. The lowest BCUT2D eigenvalue weighted by molar-refractivity contribution is 0.504. The van der Waals surface area contributed by atoms with Crippen LogP contribution in [0.15, 0.2) is 18.5 Å². The van der Waals surface area contributed by atoms with Gasteiger partial charge in [0.05, 0.1) is 6.07 Å². The van der Waals surface area contributed by atoms with E-state index in [2.05, 4.69) is 30.8 Å². The van der Waals surface area contributed by atoms with E-state index in [4.69, 9.17) is 11.7 Å². The van der Waals surface area contributed by atoms with Crippen LogP contribution in [0.4, 0.5) is 0 Å². The number of nitriles is 1. The number of terminal acetylenes is 1. The van der Waals surface area contributed by atoms with E-state index in [1.54, 1.807) is 12.4 Å². The summed E-state index contributed by atoms with van der Waals surface area (Å²) >= 11 is 0. The van der Waals surface area contributed by atoms with E-state index >= 15 is 0 Å². The van der Waals surface area contributed by atoms with E-state index in [9.17, 15) is 0 Å². The minimum Gasteiger partial charge on any atom is -0.263 e. The van der Waals surface area contributed by atoms with Crippen LogP contribution in [0, 0.1) is 29.6 Å². The van der Waals surface area contributed by atoms with Gasteiger partial charge in [-0.1, -0.05) is 19.8 Å². The third-order valence-corrected chi connectivity index (χ3v) is 2.47. The van der Waals surface area contributed by atoms with E-state index in [1.807, 2.05) is 6.07 Å². The van der Waals surface area contributed by atoms with Gasteiger partial charge in [-0.05, 0) is 17.5 Å². The highest BCUT2D eigenvalue weighted by molar-refractivity contribution is 5.33. The van der Waals surface area contributed by atoms with Crippen molar-refractivity contribution in [1.29, 1.82) is 5.26 Å². The van der Waals surface area contributed by atoms with Crippen molar-refractivity contribution in [2.45, 2.75) is 26.2 Å². The maximum absolute atomic E-state index is 8.76. The molecule has 76 valence electrons. The van der Waals surface area contributed by atoms with Crippen LogP contribution in [0.2, 0.25) is 0 Å². The molecule has 0 fully saturated rings. The average Bonchev–Trinajstić information content (AvgIpc) is 2.25. The Morgan fingerprint density at radius 2 is 2.20 bits per heavy atom. The van der Waals surface area contributed by atoms with Gasteiger partial charge in [0.25, 0.3) is 0 Å². The number of hydrogen-bond acceptors (Lipinski definition) is 2. The number of nitrogens with zero attached hydrogens (tertiary/aromatic N) is 2. The summed E-state index contributed by atoms with van der Waals surface area (Å²) in [5.74, 6) is 3.19. The van der Waals surface area contributed by atoms with Crippen molar-refractivity contribution in [1.82, 2.24) is 4.98 Å². The van der Waals surface area contributed by atoms with Crippen LogP contribution >= 0.6 is 0 Å². The van der Waals surface area contributed by atoms with E-state index in [0.29, 0.717) is 12.3 Å². The van der Waals surface area contributed by atoms with Crippen LogP contribution in [0.1, 0.15) is 37.3 Å². The Kier molecular flexibility index (Phi) is 3.89. The first kappa shape index (κ1) is 11.3. The van der Waals surface area contributed by atoms with Crippen molar-refractivity contribution < 1.29 is 0 Å². The van der Waals surface area contributed by atoms with Crippen LogP contribution in [-0.4, -0.2) is 4.98 Å². The average molecular weight is 198 g/mol. The lowest BCUT2D eigenvalue weighted by atomic mass is 9.87. The first-order valence-electron chi connectivity index (χ1n) is 4.97. The quantitative estimate of drug-likeness (QED) is 0.700. The molecule has 1 unspecified atom stereocenters. The molecule has 0 N–H and O–H groups in total. The molecule has 0 saturated heterocycles. The molecular weight excluding hydrogens is 184 g/mol. The molecule has 0 bridgehead atoms. The zero-order valence-electron chi connectivity index (χ0n) is 9.07. The molecule has 2 heteroatoms. The normalized spacial score (nSPS) is 11.8. The summed E-state index contributed by atoms with van der Waals surface area (Å²) in [5.41, 5.74) is 1.83. The smallest absolute Gasteiger partial charge is 0.0628 e. The van der Waals surface area contributed by atoms with Gasteiger partial charge in [-0.25, -0.2) is 0 Å². The molecule has 0 aliphatic carbocycles. The Balaban J connectivity index is 3.02. The lowest BCUT2D eigenvalue weighted by Crippen LogP contribution is -2.06. The summed E-state index contributed by atoms with van der Waals surface area (Å²) in [6.07, 6.45) is 9.28. The highest BCUT2D eigenvalue weighted by atomic mass is 14.6. The first-order chi connectivity index (χ1) is 7.19. The monoisotopic (exact) mass is 198 g/mol. The van der Waals surface area contributed by atoms with E-state index in [1.165, 1.54) is 0 Å². The second-order valence-electron chi connectivity index (χ2n) is 3.86. The van der Waals surface area contributed by atoms with E-state index in [0.717, 1.165) is 11.1 Å². The van der Waals surface area contributed by atoms with Gasteiger partial charge < -0.3 is 0 Å². The predicted octanol–water partition coefficient (Wildman–Crippen LogP) is 2.72. The Hall–Kier alpha value is -1.80. The fourth-order valence-electron chi connectivity index (χ4n) is 1.58. The molecule has 1 aromatic rings. The molecule has 0 aromatic carbocycles. The zero-order valence-corrected chi connectivity index (χ0v) is 9.07. The number of rotatable bonds is 3. The van der Waals surface area contributed by atoms with Crippen molar-refractivity contribution in [3.8, 4) is 18.4 Å². The van der Waals surface area contributed by atoms with E-state index < -0.39 is 0 Å². The lowest BCUT2D eigenvalue weighted by Gasteiger charge is -2.17. The Morgan fingerprint density at radius 1 is 1.47 bits per heavy atom.